The van der Waals surface area contributed by atoms with Crippen LogP contribution in [0.25, 0.3) is 0 Å². The van der Waals surface area contributed by atoms with E-state index >= 15 is 0 Å². The number of aryl methyl sites for hydroxylation is 2. The number of carbonyl (C=O) groups is 1. The van der Waals surface area contributed by atoms with E-state index < -0.39 is 15.9 Å². The molecule has 0 unspecified atom stereocenters. The zero-order chi connectivity index (χ0) is 25.2. The van der Waals surface area contributed by atoms with Gasteiger partial charge in [0.2, 0.25) is 5.88 Å². The zero-order valence-corrected chi connectivity index (χ0v) is 20.1. The summed E-state index contributed by atoms with van der Waals surface area (Å²) in [5, 5.41) is 10.6. The van der Waals surface area contributed by atoms with Gasteiger partial charge in [0.25, 0.3) is 21.5 Å². The van der Waals surface area contributed by atoms with Gasteiger partial charge in [0.05, 0.1) is 17.1 Å². The van der Waals surface area contributed by atoms with Crippen LogP contribution in [-0.2, 0) is 16.6 Å². The van der Waals surface area contributed by atoms with E-state index in [2.05, 4.69) is 20.3 Å². The summed E-state index contributed by atoms with van der Waals surface area (Å²) in [7, 11) is -3.91. The molecule has 2 aromatic carbocycles. The van der Waals surface area contributed by atoms with E-state index in [0.29, 0.717) is 16.9 Å². The molecule has 0 aliphatic heterocycles. The van der Waals surface area contributed by atoms with E-state index in [1.807, 2.05) is 31.2 Å². The van der Waals surface area contributed by atoms with Crippen LogP contribution in [0.2, 0.25) is 0 Å². The molecule has 2 heterocycles. The Bertz CT molecular complexity index is 1540. The van der Waals surface area contributed by atoms with E-state index in [1.165, 1.54) is 41.1 Å². The van der Waals surface area contributed by atoms with Gasteiger partial charge in [0, 0.05) is 17.3 Å². The molecule has 4 rings (SSSR count). The molecule has 11 heteroatoms. The lowest BCUT2D eigenvalue weighted by molar-refractivity contribution is 0.102. The summed E-state index contributed by atoms with van der Waals surface area (Å²) < 4.78 is 33.8. The third kappa shape index (κ3) is 5.46. The summed E-state index contributed by atoms with van der Waals surface area (Å²) in [6.07, 6.45) is 0. The lowest BCUT2D eigenvalue weighted by atomic mass is 10.1. The maximum atomic E-state index is 12.7. The molecule has 0 aliphatic rings. The van der Waals surface area contributed by atoms with E-state index in [1.54, 1.807) is 13.8 Å². The second-order valence-electron chi connectivity index (χ2n) is 8.01. The molecule has 0 saturated heterocycles. The minimum absolute atomic E-state index is 0.0197. The van der Waals surface area contributed by atoms with E-state index in [9.17, 15) is 18.0 Å². The highest BCUT2D eigenvalue weighted by Gasteiger charge is 2.19. The van der Waals surface area contributed by atoms with Crippen molar-refractivity contribution in [2.75, 3.05) is 10.0 Å². The summed E-state index contributed by atoms with van der Waals surface area (Å²) in [6, 6.07) is 15.9. The Morgan fingerprint density at radius 3 is 2.29 bits per heavy atom. The van der Waals surface area contributed by atoms with Gasteiger partial charge < -0.3 is 9.84 Å². The van der Waals surface area contributed by atoms with Crippen molar-refractivity contribution in [2.24, 2.45) is 0 Å². The van der Waals surface area contributed by atoms with Crippen molar-refractivity contribution >= 4 is 27.5 Å². The van der Waals surface area contributed by atoms with Crippen molar-refractivity contribution in [1.29, 1.82) is 0 Å². The van der Waals surface area contributed by atoms with Gasteiger partial charge in [-0.05, 0) is 56.7 Å². The average Bonchev–Trinajstić information content (AvgIpc) is 3.14. The average molecular weight is 494 g/mol. The van der Waals surface area contributed by atoms with Crippen LogP contribution in [0.1, 0.15) is 32.9 Å². The maximum Gasteiger partial charge on any atom is 0.276 e. The highest BCUT2D eigenvalue weighted by atomic mass is 32.2. The molecule has 0 aliphatic carbocycles. The molecule has 4 aromatic rings. The lowest BCUT2D eigenvalue weighted by Gasteiger charge is -2.09. The van der Waals surface area contributed by atoms with Crippen LogP contribution in [0, 0.1) is 20.8 Å². The number of hydrogen-bond donors (Lipinski definition) is 2. The normalized spacial score (nSPS) is 11.3. The fraction of sp³-hybridized carbons (Fsp3) is 0.167. The Labute approximate surface area is 201 Å². The smallest absolute Gasteiger partial charge is 0.276 e. The van der Waals surface area contributed by atoms with Gasteiger partial charge in [-0.2, -0.15) is 5.10 Å². The predicted octanol–water partition coefficient (Wildman–Crippen LogP) is 3.26. The molecule has 0 atom stereocenters. The van der Waals surface area contributed by atoms with Crippen molar-refractivity contribution in [3.8, 4) is 0 Å². The number of anilines is 2. The van der Waals surface area contributed by atoms with Crippen molar-refractivity contribution in [3.05, 3.63) is 99.1 Å². The maximum absolute atomic E-state index is 12.7. The number of aromatic nitrogens is 3. The highest BCUT2D eigenvalue weighted by molar-refractivity contribution is 7.92. The number of benzene rings is 2. The van der Waals surface area contributed by atoms with Gasteiger partial charge in [0.1, 0.15) is 5.69 Å². The quantitative estimate of drug-likeness (QED) is 0.403. The Morgan fingerprint density at radius 2 is 1.66 bits per heavy atom. The number of hydrogen-bond acceptors (Lipinski definition) is 7. The zero-order valence-electron chi connectivity index (χ0n) is 19.3. The number of amides is 1. The number of carbonyl (C=O) groups excluding carboxylic acids is 1. The van der Waals surface area contributed by atoms with Crippen LogP contribution in [0.4, 0.5) is 11.6 Å². The molecule has 1 amide bonds. The van der Waals surface area contributed by atoms with Gasteiger partial charge >= 0.3 is 0 Å². The molecule has 2 N–H and O–H groups in total. The molecule has 0 fully saturated rings. The minimum Gasteiger partial charge on any atom is -0.337 e. The predicted molar refractivity (Wildman–Crippen MR) is 130 cm³/mol. The fourth-order valence-electron chi connectivity index (χ4n) is 3.15. The van der Waals surface area contributed by atoms with E-state index in [-0.39, 0.29) is 28.6 Å². The number of sulfonamides is 1. The summed E-state index contributed by atoms with van der Waals surface area (Å²) in [5.74, 6) is -0.490. The first-order valence-corrected chi connectivity index (χ1v) is 12.1. The van der Waals surface area contributed by atoms with Crippen LogP contribution < -0.4 is 15.6 Å². The van der Waals surface area contributed by atoms with Gasteiger partial charge in [-0.25, -0.2) is 17.8 Å². The first kappa shape index (κ1) is 23.9. The van der Waals surface area contributed by atoms with Crippen molar-refractivity contribution in [3.63, 3.8) is 0 Å². The molecular formula is C24H23N5O5S. The van der Waals surface area contributed by atoms with Crippen LogP contribution in [0.15, 0.2) is 74.9 Å². The SMILES string of the molecule is Cc1ccc(Cn2nc(C(=O)Nc3ccc(S(=O)(=O)Nc4onc(C)c4C)cc3)ccc2=O)cc1. The van der Waals surface area contributed by atoms with Gasteiger partial charge in [-0.15, -0.1) is 0 Å². The van der Waals surface area contributed by atoms with Crippen molar-refractivity contribution in [2.45, 2.75) is 32.2 Å². The highest BCUT2D eigenvalue weighted by Crippen LogP contribution is 2.22. The standard InChI is InChI=1S/C24H23N5O5S/c1-15-4-6-18(7-5-15)14-29-22(30)13-12-21(26-29)23(31)25-19-8-10-20(11-9-19)35(32,33)28-24-16(2)17(3)27-34-24/h4-13,28H,14H2,1-3H3,(H,25,31). The summed E-state index contributed by atoms with van der Waals surface area (Å²) in [6.45, 7) is 5.59. The molecule has 0 saturated carbocycles. The monoisotopic (exact) mass is 493 g/mol. The molecule has 0 radical (unpaired) electrons. The minimum atomic E-state index is -3.91. The Morgan fingerprint density at radius 1 is 0.971 bits per heavy atom. The third-order valence-corrected chi connectivity index (χ3v) is 6.71. The number of nitrogens with one attached hydrogen (secondary N) is 2. The number of nitrogens with zero attached hydrogens (tertiary/aromatic N) is 3. The van der Waals surface area contributed by atoms with E-state index in [0.717, 1.165) is 11.1 Å². The lowest BCUT2D eigenvalue weighted by Crippen LogP contribution is -2.26. The van der Waals surface area contributed by atoms with Gasteiger partial charge in [0.15, 0.2) is 0 Å². The molecule has 0 bridgehead atoms. The van der Waals surface area contributed by atoms with Crippen LogP contribution in [0.3, 0.4) is 0 Å². The number of rotatable bonds is 7. The largest absolute Gasteiger partial charge is 0.337 e. The topological polar surface area (TPSA) is 136 Å². The second kappa shape index (κ2) is 9.55. The first-order valence-electron chi connectivity index (χ1n) is 10.6. The summed E-state index contributed by atoms with van der Waals surface area (Å²) in [5.41, 5.74) is 3.23. The molecule has 180 valence electrons. The fourth-order valence-corrected chi connectivity index (χ4v) is 4.20. The Balaban J connectivity index is 1.47. The van der Waals surface area contributed by atoms with Crippen molar-refractivity contribution in [1.82, 2.24) is 14.9 Å². The third-order valence-electron chi connectivity index (χ3n) is 5.36. The van der Waals surface area contributed by atoms with Crippen LogP contribution >= 0.6 is 0 Å². The summed E-state index contributed by atoms with van der Waals surface area (Å²) >= 11 is 0. The Kier molecular flexibility index (Phi) is 6.52. The molecular weight excluding hydrogens is 470 g/mol. The van der Waals surface area contributed by atoms with Crippen LogP contribution in [-0.4, -0.2) is 29.3 Å². The van der Waals surface area contributed by atoms with Crippen LogP contribution in [0.5, 0.6) is 0 Å². The first-order chi connectivity index (χ1) is 16.6. The molecule has 35 heavy (non-hydrogen) atoms. The molecule has 0 spiro atoms. The van der Waals surface area contributed by atoms with Crippen molar-refractivity contribution < 1.29 is 17.7 Å². The molecule has 2 aromatic heterocycles. The Hall–Kier alpha value is -4.25. The van der Waals surface area contributed by atoms with E-state index in [4.69, 9.17) is 4.52 Å². The molecule has 10 nitrogen and oxygen atoms in total. The van der Waals surface area contributed by atoms with Gasteiger partial charge in [-0.1, -0.05) is 35.0 Å². The summed E-state index contributed by atoms with van der Waals surface area (Å²) in [4.78, 5) is 24.9. The second-order valence-corrected chi connectivity index (χ2v) is 9.69. The van der Waals surface area contributed by atoms with Gasteiger partial charge in [-0.3, -0.25) is 9.59 Å².